The predicted octanol–water partition coefficient (Wildman–Crippen LogP) is 4.50. The molecule has 8 heteroatoms. The van der Waals surface area contributed by atoms with Gasteiger partial charge in [0.15, 0.2) is 6.61 Å². The molecule has 0 aromatic rings. The van der Waals surface area contributed by atoms with E-state index in [1.54, 1.807) is 6.92 Å². The summed E-state index contributed by atoms with van der Waals surface area (Å²) >= 11 is 0. The number of ether oxygens (including phenoxy) is 2. The van der Waals surface area contributed by atoms with Crippen LogP contribution < -0.4 is 0 Å². The van der Waals surface area contributed by atoms with Crippen molar-refractivity contribution in [3.63, 3.8) is 0 Å². The zero-order chi connectivity index (χ0) is 18.6. The highest BCUT2D eigenvalue weighted by atomic mass is 19.3. The van der Waals surface area contributed by atoms with E-state index in [0.717, 1.165) is 32.1 Å². The monoisotopic (exact) mass is 358 g/mol. The first-order chi connectivity index (χ1) is 11.2. The molecule has 0 saturated heterocycles. The third kappa shape index (κ3) is 11.2. The highest BCUT2D eigenvalue weighted by Crippen LogP contribution is 2.23. The number of hydrogen-bond donors (Lipinski definition) is 0. The summed E-state index contributed by atoms with van der Waals surface area (Å²) in [7, 11) is 0. The molecule has 142 valence electrons. The number of alkyl halides is 4. The van der Waals surface area contributed by atoms with E-state index in [4.69, 9.17) is 4.74 Å². The molecule has 0 bridgehead atoms. The van der Waals surface area contributed by atoms with Crippen LogP contribution in [0, 0.1) is 0 Å². The molecule has 4 nitrogen and oxygen atoms in total. The van der Waals surface area contributed by atoms with Gasteiger partial charge in [-0.15, -0.1) is 0 Å². The Morgan fingerprint density at radius 2 is 1.62 bits per heavy atom. The van der Waals surface area contributed by atoms with Crippen molar-refractivity contribution in [1.82, 2.24) is 0 Å². The summed E-state index contributed by atoms with van der Waals surface area (Å²) in [6.45, 7) is 2.22. The second kappa shape index (κ2) is 12.1. The number of hydrogen-bond acceptors (Lipinski definition) is 4. The van der Waals surface area contributed by atoms with E-state index in [0.29, 0.717) is 0 Å². The maximum Gasteiger partial charge on any atom is 0.340 e. The Morgan fingerprint density at radius 3 is 2.21 bits per heavy atom. The van der Waals surface area contributed by atoms with E-state index in [-0.39, 0.29) is 25.4 Å². The molecular formula is C16H26F4O4. The predicted molar refractivity (Wildman–Crippen MR) is 80.1 cm³/mol. The summed E-state index contributed by atoms with van der Waals surface area (Å²) in [4.78, 5) is 22.7. The fraction of sp³-hybridized carbons (Fsp3) is 0.875. The number of rotatable bonds is 13. The van der Waals surface area contributed by atoms with Crippen LogP contribution in [-0.2, 0) is 19.1 Å². The summed E-state index contributed by atoms with van der Waals surface area (Å²) in [5.74, 6) is -5.89. The summed E-state index contributed by atoms with van der Waals surface area (Å²) in [6.07, 6.45) is 0.641. The normalized spacial score (nSPS) is 13.0. The molecule has 1 unspecified atom stereocenters. The van der Waals surface area contributed by atoms with Crippen molar-refractivity contribution >= 4 is 11.9 Å². The Balaban J connectivity index is 3.78. The van der Waals surface area contributed by atoms with Crippen molar-refractivity contribution in [3.05, 3.63) is 0 Å². The molecule has 0 aromatic heterocycles. The lowest BCUT2D eigenvalue weighted by atomic mass is 10.1. The fourth-order valence-corrected chi connectivity index (χ4v) is 1.89. The van der Waals surface area contributed by atoms with Crippen LogP contribution in [0.2, 0.25) is 0 Å². The van der Waals surface area contributed by atoms with Gasteiger partial charge in [0.25, 0.3) is 0 Å². The Labute approximate surface area is 139 Å². The molecular weight excluding hydrogens is 332 g/mol. The van der Waals surface area contributed by atoms with Gasteiger partial charge in [0, 0.05) is 12.8 Å². The van der Waals surface area contributed by atoms with E-state index < -0.39 is 30.9 Å². The van der Waals surface area contributed by atoms with Gasteiger partial charge in [0.1, 0.15) is 0 Å². The lowest BCUT2D eigenvalue weighted by Crippen LogP contribution is -2.33. The van der Waals surface area contributed by atoms with Gasteiger partial charge in [-0.05, 0) is 26.2 Å². The first kappa shape index (κ1) is 22.7. The zero-order valence-electron chi connectivity index (χ0n) is 14.2. The number of carbonyl (C=O) groups is 2. The van der Waals surface area contributed by atoms with Gasteiger partial charge in [-0.2, -0.15) is 8.78 Å². The van der Waals surface area contributed by atoms with Gasteiger partial charge in [-0.25, -0.2) is 8.78 Å². The molecule has 24 heavy (non-hydrogen) atoms. The van der Waals surface area contributed by atoms with Crippen molar-refractivity contribution in [3.8, 4) is 0 Å². The maximum atomic E-state index is 12.5. The molecule has 0 aliphatic rings. The first-order valence-electron chi connectivity index (χ1n) is 8.20. The Hall–Kier alpha value is -1.34. The second-order valence-electron chi connectivity index (χ2n) is 5.73. The maximum absolute atomic E-state index is 12.5. The van der Waals surface area contributed by atoms with E-state index in [1.165, 1.54) is 0 Å². The van der Waals surface area contributed by atoms with Crippen LogP contribution in [0.3, 0.4) is 0 Å². The Bertz CT molecular complexity index is 375. The smallest absolute Gasteiger partial charge is 0.340 e. The average Bonchev–Trinajstić information content (AvgIpc) is 2.49. The summed E-state index contributed by atoms with van der Waals surface area (Å²) in [6, 6.07) is 0. The van der Waals surface area contributed by atoms with Gasteiger partial charge in [-0.1, -0.05) is 26.2 Å². The molecule has 0 aromatic carbocycles. The molecule has 0 spiro atoms. The first-order valence-corrected chi connectivity index (χ1v) is 8.20. The summed E-state index contributed by atoms with van der Waals surface area (Å²) in [5, 5.41) is 0. The van der Waals surface area contributed by atoms with Gasteiger partial charge >= 0.3 is 24.3 Å². The third-order valence-corrected chi connectivity index (χ3v) is 3.30. The third-order valence-electron chi connectivity index (χ3n) is 3.30. The quantitative estimate of drug-likeness (QED) is 0.276. The zero-order valence-corrected chi connectivity index (χ0v) is 14.2. The van der Waals surface area contributed by atoms with Crippen molar-refractivity contribution in [1.29, 1.82) is 0 Å². The molecule has 0 saturated carbocycles. The number of halogens is 4. The van der Waals surface area contributed by atoms with Crippen LogP contribution in [0.4, 0.5) is 17.6 Å². The topological polar surface area (TPSA) is 52.6 Å². The Kier molecular flexibility index (Phi) is 11.4. The highest BCUT2D eigenvalue weighted by molar-refractivity contribution is 5.72. The van der Waals surface area contributed by atoms with Crippen LogP contribution in [0.25, 0.3) is 0 Å². The lowest BCUT2D eigenvalue weighted by Gasteiger charge is -2.15. The van der Waals surface area contributed by atoms with Crippen LogP contribution in [-0.4, -0.2) is 37.0 Å². The molecule has 1 atom stereocenters. The van der Waals surface area contributed by atoms with Crippen molar-refractivity contribution < 1.29 is 36.6 Å². The summed E-state index contributed by atoms with van der Waals surface area (Å²) in [5.41, 5.74) is 0. The molecule has 0 rings (SSSR count). The second-order valence-corrected chi connectivity index (χ2v) is 5.73. The summed E-state index contributed by atoms with van der Waals surface area (Å²) < 4.78 is 58.1. The minimum absolute atomic E-state index is 0.0559. The molecule has 0 amide bonds. The largest absolute Gasteiger partial charge is 0.463 e. The van der Waals surface area contributed by atoms with Crippen molar-refractivity contribution in [2.45, 2.75) is 83.7 Å². The molecule has 0 aliphatic carbocycles. The Morgan fingerprint density at radius 1 is 1.00 bits per heavy atom. The number of unbranched alkanes of at least 4 members (excludes halogenated alkanes) is 3. The van der Waals surface area contributed by atoms with E-state index in [9.17, 15) is 27.2 Å². The van der Waals surface area contributed by atoms with Gasteiger partial charge in [-0.3, -0.25) is 9.59 Å². The van der Waals surface area contributed by atoms with Crippen molar-refractivity contribution in [2.24, 2.45) is 0 Å². The minimum Gasteiger partial charge on any atom is -0.463 e. The molecule has 0 fully saturated rings. The molecule has 0 heterocycles. The highest BCUT2D eigenvalue weighted by Gasteiger charge is 2.42. The van der Waals surface area contributed by atoms with Crippen molar-refractivity contribution in [2.75, 3.05) is 6.61 Å². The van der Waals surface area contributed by atoms with E-state index in [1.807, 2.05) is 0 Å². The molecule has 0 aliphatic heterocycles. The van der Waals surface area contributed by atoms with Crippen LogP contribution in [0.15, 0.2) is 0 Å². The average molecular weight is 358 g/mol. The standard InChI is InChI=1S/C16H26F4O4/c1-3-4-5-6-8-12(2)24-14(22)10-7-9-13(21)23-11-16(19,20)15(17)18/h12,15H,3-11H2,1-2H3. The van der Waals surface area contributed by atoms with Gasteiger partial charge in [0.2, 0.25) is 0 Å². The van der Waals surface area contributed by atoms with Crippen LogP contribution >= 0.6 is 0 Å². The minimum atomic E-state index is -4.36. The van der Waals surface area contributed by atoms with Crippen LogP contribution in [0.1, 0.15) is 65.2 Å². The van der Waals surface area contributed by atoms with E-state index >= 15 is 0 Å². The van der Waals surface area contributed by atoms with Gasteiger partial charge < -0.3 is 9.47 Å². The number of esters is 2. The van der Waals surface area contributed by atoms with Gasteiger partial charge in [0.05, 0.1) is 6.10 Å². The van der Waals surface area contributed by atoms with E-state index in [2.05, 4.69) is 11.7 Å². The SMILES string of the molecule is CCCCCCC(C)OC(=O)CCCC(=O)OCC(F)(F)C(F)F. The lowest BCUT2D eigenvalue weighted by molar-refractivity contribution is -0.179. The number of carbonyl (C=O) groups excluding carboxylic acids is 2. The fourth-order valence-electron chi connectivity index (χ4n) is 1.89. The molecule has 0 N–H and O–H groups in total. The molecule has 0 radical (unpaired) electrons. The van der Waals surface area contributed by atoms with Crippen LogP contribution in [0.5, 0.6) is 0 Å².